The van der Waals surface area contributed by atoms with Gasteiger partial charge < -0.3 is 10.1 Å². The molecule has 184 valence electrons. The van der Waals surface area contributed by atoms with Crippen LogP contribution >= 0.6 is 0 Å². The molecule has 1 aliphatic heterocycles. The van der Waals surface area contributed by atoms with E-state index in [0.717, 1.165) is 5.56 Å². The Morgan fingerprint density at radius 2 is 1.59 bits per heavy atom. The number of rotatable bonds is 8. The van der Waals surface area contributed by atoms with E-state index in [9.17, 15) is 22.4 Å². The summed E-state index contributed by atoms with van der Waals surface area (Å²) in [6.07, 6.45) is 0.639. The van der Waals surface area contributed by atoms with E-state index in [0.29, 0.717) is 24.3 Å². The Morgan fingerprint density at radius 1 is 1.03 bits per heavy atom. The van der Waals surface area contributed by atoms with Gasteiger partial charge in [-0.1, -0.05) is 38.1 Å². The van der Waals surface area contributed by atoms with Crippen molar-refractivity contribution in [3.05, 3.63) is 65.5 Å². The number of hydrogen-bond donors (Lipinski definition) is 1. The number of halogens is 1. The molecule has 34 heavy (non-hydrogen) atoms. The van der Waals surface area contributed by atoms with Crippen molar-refractivity contribution in [2.75, 3.05) is 20.2 Å². The highest BCUT2D eigenvalue weighted by Gasteiger charge is 2.33. The molecule has 1 unspecified atom stereocenters. The predicted octanol–water partition coefficient (Wildman–Crippen LogP) is 3.77. The van der Waals surface area contributed by atoms with Crippen molar-refractivity contribution in [3.8, 4) is 0 Å². The summed E-state index contributed by atoms with van der Waals surface area (Å²) >= 11 is 0. The number of methoxy groups -OCH3 is 1. The first-order chi connectivity index (χ1) is 16.1. The number of esters is 1. The molecular weight excluding hydrogens is 459 g/mol. The quantitative estimate of drug-likeness (QED) is 0.569. The first-order valence-corrected chi connectivity index (χ1v) is 12.8. The van der Waals surface area contributed by atoms with Crippen LogP contribution in [0.4, 0.5) is 4.39 Å². The summed E-state index contributed by atoms with van der Waals surface area (Å²) in [5.74, 6) is -1.27. The zero-order chi connectivity index (χ0) is 24.9. The molecule has 7 nitrogen and oxygen atoms in total. The van der Waals surface area contributed by atoms with Gasteiger partial charge in [-0.05, 0) is 54.2 Å². The van der Waals surface area contributed by atoms with Crippen LogP contribution in [0.25, 0.3) is 0 Å². The summed E-state index contributed by atoms with van der Waals surface area (Å²) in [5.41, 5.74) is 1.65. The number of benzene rings is 2. The Balaban J connectivity index is 1.64. The maximum atomic E-state index is 13.3. The highest BCUT2D eigenvalue weighted by atomic mass is 32.2. The van der Waals surface area contributed by atoms with E-state index in [1.54, 1.807) is 12.1 Å². The molecule has 2 aromatic rings. The Morgan fingerprint density at radius 3 is 2.12 bits per heavy atom. The topological polar surface area (TPSA) is 92.8 Å². The molecule has 2 aromatic carbocycles. The summed E-state index contributed by atoms with van der Waals surface area (Å²) in [4.78, 5) is 25.0. The number of carbonyl (C=O) groups is 2. The molecule has 0 radical (unpaired) electrons. The van der Waals surface area contributed by atoms with Crippen LogP contribution in [0.3, 0.4) is 0 Å². The standard InChI is InChI=1S/C25H31FN2O5S/c1-17(2)18-6-10-22(11-7-18)34(31,32)28-14-12-20(13-15-28)25(30)27-23(16-24(29)33-3)19-4-8-21(26)9-5-19/h4-11,17,20,23H,12-16H2,1-3H3,(H,27,30). The number of piperidine rings is 1. The van der Waals surface area contributed by atoms with Crippen molar-refractivity contribution in [2.45, 2.75) is 50.0 Å². The summed E-state index contributed by atoms with van der Waals surface area (Å²) in [6, 6.07) is 11.8. The van der Waals surface area contributed by atoms with E-state index in [2.05, 4.69) is 5.32 Å². The van der Waals surface area contributed by atoms with E-state index >= 15 is 0 Å². The molecule has 3 rings (SSSR count). The second kappa shape index (κ2) is 11.1. The van der Waals surface area contributed by atoms with Crippen molar-refractivity contribution < 1.29 is 27.1 Å². The minimum absolute atomic E-state index is 0.0898. The van der Waals surface area contributed by atoms with Gasteiger partial charge in [-0.2, -0.15) is 4.31 Å². The fraction of sp³-hybridized carbons (Fsp3) is 0.440. The zero-order valence-corrected chi connectivity index (χ0v) is 20.5. The molecular formula is C25H31FN2O5S. The Labute approximate surface area is 200 Å². The van der Waals surface area contributed by atoms with Crippen LogP contribution in [0.15, 0.2) is 53.4 Å². The molecule has 1 heterocycles. The maximum absolute atomic E-state index is 13.3. The highest BCUT2D eigenvalue weighted by Crippen LogP contribution is 2.27. The first kappa shape index (κ1) is 25.8. The van der Waals surface area contributed by atoms with Crippen molar-refractivity contribution in [1.29, 1.82) is 0 Å². The third-order valence-corrected chi connectivity index (χ3v) is 8.11. The molecule has 0 aliphatic carbocycles. The lowest BCUT2D eigenvalue weighted by Gasteiger charge is -2.31. The monoisotopic (exact) mass is 490 g/mol. The molecule has 0 bridgehead atoms. The number of sulfonamides is 1. The first-order valence-electron chi connectivity index (χ1n) is 11.3. The average molecular weight is 491 g/mol. The fourth-order valence-corrected chi connectivity index (χ4v) is 5.49. The lowest BCUT2D eigenvalue weighted by Crippen LogP contribution is -2.44. The van der Waals surface area contributed by atoms with Gasteiger partial charge >= 0.3 is 5.97 Å². The minimum atomic E-state index is -3.64. The largest absolute Gasteiger partial charge is 0.469 e. The van der Waals surface area contributed by atoms with Gasteiger partial charge in [0.25, 0.3) is 0 Å². The van der Waals surface area contributed by atoms with E-state index < -0.39 is 33.8 Å². The summed E-state index contributed by atoms with van der Waals surface area (Å²) in [6.45, 7) is 4.55. The average Bonchev–Trinajstić information content (AvgIpc) is 2.84. The number of ether oxygens (including phenoxy) is 1. The predicted molar refractivity (Wildman–Crippen MR) is 126 cm³/mol. The number of amides is 1. The second-order valence-corrected chi connectivity index (χ2v) is 10.7. The van der Waals surface area contributed by atoms with Gasteiger partial charge in [0.05, 0.1) is 24.5 Å². The molecule has 1 fully saturated rings. The molecule has 1 saturated heterocycles. The molecule has 1 N–H and O–H groups in total. The summed E-state index contributed by atoms with van der Waals surface area (Å²) < 4.78 is 45.5. The molecule has 9 heteroatoms. The number of nitrogens with zero attached hydrogens (tertiary/aromatic N) is 1. The third-order valence-electron chi connectivity index (χ3n) is 6.20. The maximum Gasteiger partial charge on any atom is 0.307 e. The van der Waals surface area contributed by atoms with Crippen LogP contribution in [0.2, 0.25) is 0 Å². The van der Waals surface area contributed by atoms with Crippen LogP contribution < -0.4 is 5.32 Å². The highest BCUT2D eigenvalue weighted by molar-refractivity contribution is 7.89. The van der Waals surface area contributed by atoms with Crippen LogP contribution in [-0.4, -0.2) is 44.8 Å². The fourth-order valence-electron chi connectivity index (χ4n) is 4.02. The number of hydrogen-bond acceptors (Lipinski definition) is 5. The van der Waals surface area contributed by atoms with Crippen molar-refractivity contribution in [3.63, 3.8) is 0 Å². The van der Waals surface area contributed by atoms with Crippen molar-refractivity contribution in [2.24, 2.45) is 5.92 Å². The van der Waals surface area contributed by atoms with Crippen molar-refractivity contribution in [1.82, 2.24) is 9.62 Å². The van der Waals surface area contributed by atoms with Gasteiger partial charge in [-0.15, -0.1) is 0 Å². The zero-order valence-electron chi connectivity index (χ0n) is 19.7. The smallest absolute Gasteiger partial charge is 0.307 e. The summed E-state index contributed by atoms with van der Waals surface area (Å²) in [7, 11) is -2.38. The van der Waals surface area contributed by atoms with Gasteiger partial charge in [-0.3, -0.25) is 9.59 Å². The minimum Gasteiger partial charge on any atom is -0.469 e. The molecule has 1 aliphatic rings. The Bertz CT molecular complexity index is 1090. The Hall–Kier alpha value is -2.78. The van der Waals surface area contributed by atoms with E-state index in [1.807, 2.05) is 26.0 Å². The molecule has 0 spiro atoms. The normalized spacial score (nSPS) is 16.3. The van der Waals surface area contributed by atoms with Gasteiger partial charge in [0, 0.05) is 19.0 Å². The molecule has 1 amide bonds. The Kier molecular flexibility index (Phi) is 8.43. The second-order valence-electron chi connectivity index (χ2n) is 8.80. The number of carbonyl (C=O) groups excluding carboxylic acids is 2. The van der Waals surface area contributed by atoms with E-state index in [-0.39, 0.29) is 30.3 Å². The van der Waals surface area contributed by atoms with Crippen LogP contribution in [0.1, 0.15) is 56.2 Å². The SMILES string of the molecule is COC(=O)CC(NC(=O)C1CCN(S(=O)(=O)c2ccc(C(C)C)cc2)CC1)c1ccc(F)cc1. The van der Waals surface area contributed by atoms with Gasteiger partial charge in [0.1, 0.15) is 5.82 Å². The van der Waals surface area contributed by atoms with Gasteiger partial charge in [0.15, 0.2) is 0 Å². The van der Waals surface area contributed by atoms with E-state index in [1.165, 1.54) is 35.7 Å². The van der Waals surface area contributed by atoms with Crippen LogP contribution in [0.5, 0.6) is 0 Å². The van der Waals surface area contributed by atoms with Crippen LogP contribution in [-0.2, 0) is 24.3 Å². The number of nitrogens with one attached hydrogen (secondary N) is 1. The van der Waals surface area contributed by atoms with Gasteiger partial charge in [0.2, 0.25) is 15.9 Å². The third kappa shape index (κ3) is 6.21. The van der Waals surface area contributed by atoms with Crippen molar-refractivity contribution >= 4 is 21.9 Å². The van der Waals surface area contributed by atoms with Crippen LogP contribution in [0, 0.1) is 11.7 Å². The lowest BCUT2D eigenvalue weighted by molar-refractivity contribution is -0.141. The van der Waals surface area contributed by atoms with E-state index in [4.69, 9.17) is 4.74 Å². The molecule has 0 saturated carbocycles. The van der Waals surface area contributed by atoms with Gasteiger partial charge in [-0.25, -0.2) is 12.8 Å². The summed E-state index contributed by atoms with van der Waals surface area (Å²) in [5, 5.41) is 2.86. The molecule has 0 aromatic heterocycles. The lowest BCUT2D eigenvalue weighted by atomic mass is 9.95. The molecule has 1 atom stereocenters.